The van der Waals surface area contributed by atoms with Crippen LogP contribution in [0.2, 0.25) is 0 Å². The van der Waals surface area contributed by atoms with Crippen molar-refractivity contribution in [3.05, 3.63) is 29.3 Å². The first-order valence-electron chi connectivity index (χ1n) is 4.65. The quantitative estimate of drug-likeness (QED) is 0.637. The first-order chi connectivity index (χ1) is 7.43. The van der Waals surface area contributed by atoms with E-state index in [4.69, 9.17) is 0 Å². The van der Waals surface area contributed by atoms with Crippen LogP contribution in [-0.2, 0) is 0 Å². The molecule has 0 aliphatic rings. The van der Waals surface area contributed by atoms with Crippen LogP contribution in [-0.4, -0.2) is 32.1 Å². The van der Waals surface area contributed by atoms with E-state index >= 15 is 0 Å². The Hall–Kier alpha value is -1.30. The lowest BCUT2D eigenvalue weighted by Gasteiger charge is -2.13. The normalized spacial score (nSPS) is 10.9. The summed E-state index contributed by atoms with van der Waals surface area (Å²) in [5.41, 5.74) is -0.764. The van der Waals surface area contributed by atoms with E-state index < -0.39 is 29.0 Å². The molecule has 0 saturated carbocycles. The summed E-state index contributed by atoms with van der Waals surface area (Å²) in [4.78, 5) is 1.76. The number of benzene rings is 1. The summed E-state index contributed by atoms with van der Waals surface area (Å²) < 4.78 is 51.8. The molecule has 90 valence electrons. The van der Waals surface area contributed by atoms with E-state index in [1.807, 2.05) is 0 Å². The van der Waals surface area contributed by atoms with E-state index in [1.165, 1.54) is 0 Å². The Kier molecular flexibility index (Phi) is 4.12. The molecule has 0 bridgehead atoms. The fraction of sp³-hybridized carbons (Fsp3) is 0.400. The highest BCUT2D eigenvalue weighted by atomic mass is 19.2. The number of hydrogen-bond acceptors (Lipinski definition) is 2. The van der Waals surface area contributed by atoms with Crippen LogP contribution in [0.15, 0.2) is 6.07 Å². The second kappa shape index (κ2) is 5.16. The van der Waals surface area contributed by atoms with Gasteiger partial charge in [-0.3, -0.25) is 0 Å². The molecular weight excluding hydrogens is 224 g/mol. The largest absolute Gasteiger partial charge is 0.379 e. The first kappa shape index (κ1) is 12.8. The lowest BCUT2D eigenvalue weighted by atomic mass is 10.2. The van der Waals surface area contributed by atoms with Crippen molar-refractivity contribution < 1.29 is 17.6 Å². The summed E-state index contributed by atoms with van der Waals surface area (Å²) >= 11 is 0. The minimum atomic E-state index is -1.41. The standard InChI is InChI=1S/C10H12F4N2/c1-16(2)4-3-15-10-8(13)6(11)5-7(12)9(10)14/h5,15H,3-4H2,1-2H3. The van der Waals surface area contributed by atoms with Crippen LogP contribution in [0.3, 0.4) is 0 Å². The molecule has 2 nitrogen and oxygen atoms in total. The van der Waals surface area contributed by atoms with Gasteiger partial charge in [-0.05, 0) is 14.1 Å². The molecule has 0 unspecified atom stereocenters. The number of anilines is 1. The highest BCUT2D eigenvalue weighted by molar-refractivity contribution is 5.47. The first-order valence-corrected chi connectivity index (χ1v) is 4.65. The zero-order chi connectivity index (χ0) is 12.3. The molecule has 16 heavy (non-hydrogen) atoms. The maximum atomic E-state index is 13.1. The predicted molar refractivity (Wildman–Crippen MR) is 53.3 cm³/mol. The fourth-order valence-electron chi connectivity index (χ4n) is 1.13. The molecule has 0 heterocycles. The molecule has 0 aliphatic carbocycles. The zero-order valence-electron chi connectivity index (χ0n) is 8.95. The van der Waals surface area contributed by atoms with Crippen LogP contribution in [0.25, 0.3) is 0 Å². The van der Waals surface area contributed by atoms with Gasteiger partial charge >= 0.3 is 0 Å². The van der Waals surface area contributed by atoms with E-state index in [0.29, 0.717) is 6.54 Å². The molecule has 0 atom stereocenters. The monoisotopic (exact) mass is 236 g/mol. The van der Waals surface area contributed by atoms with Crippen LogP contribution in [0.5, 0.6) is 0 Å². The molecule has 6 heteroatoms. The van der Waals surface area contributed by atoms with Crippen LogP contribution in [0, 0.1) is 23.3 Å². The van der Waals surface area contributed by atoms with E-state index in [-0.39, 0.29) is 12.6 Å². The molecule has 0 fully saturated rings. The van der Waals surface area contributed by atoms with E-state index in [0.717, 1.165) is 0 Å². The van der Waals surface area contributed by atoms with Gasteiger partial charge in [0.25, 0.3) is 0 Å². The average Bonchev–Trinajstić information content (AvgIpc) is 2.20. The smallest absolute Gasteiger partial charge is 0.185 e. The van der Waals surface area contributed by atoms with Crippen LogP contribution in [0.1, 0.15) is 0 Å². The minimum Gasteiger partial charge on any atom is -0.379 e. The topological polar surface area (TPSA) is 15.3 Å². The molecule has 0 aliphatic heterocycles. The Morgan fingerprint density at radius 2 is 1.56 bits per heavy atom. The maximum absolute atomic E-state index is 13.1. The summed E-state index contributed by atoms with van der Waals surface area (Å²) in [6.07, 6.45) is 0. The van der Waals surface area contributed by atoms with Crippen LogP contribution < -0.4 is 5.32 Å². The van der Waals surface area contributed by atoms with Gasteiger partial charge < -0.3 is 10.2 Å². The van der Waals surface area contributed by atoms with E-state index in [2.05, 4.69) is 5.32 Å². The van der Waals surface area contributed by atoms with Crippen molar-refractivity contribution in [3.63, 3.8) is 0 Å². The summed E-state index contributed by atoms with van der Waals surface area (Å²) in [5.74, 6) is -5.63. The Bertz CT molecular complexity index is 353. The number of likely N-dealkylation sites (N-methyl/N-ethyl adjacent to an activating group) is 1. The minimum absolute atomic E-state index is 0.182. The van der Waals surface area contributed by atoms with Crippen molar-refractivity contribution >= 4 is 5.69 Å². The Balaban J connectivity index is 2.86. The summed E-state index contributed by atoms with van der Waals surface area (Å²) in [6.45, 7) is 0.667. The van der Waals surface area contributed by atoms with Gasteiger partial charge in [0.1, 0.15) is 5.69 Å². The van der Waals surface area contributed by atoms with Crippen molar-refractivity contribution in [3.8, 4) is 0 Å². The Labute approximate surface area is 90.9 Å². The molecule has 0 spiro atoms. The average molecular weight is 236 g/mol. The molecule has 1 aromatic carbocycles. The third-order valence-electron chi connectivity index (χ3n) is 1.97. The van der Waals surface area contributed by atoms with Crippen molar-refractivity contribution in [1.82, 2.24) is 4.90 Å². The van der Waals surface area contributed by atoms with Crippen molar-refractivity contribution in [2.24, 2.45) is 0 Å². The lowest BCUT2D eigenvalue weighted by Crippen LogP contribution is -2.22. The van der Waals surface area contributed by atoms with E-state index in [1.54, 1.807) is 19.0 Å². The lowest BCUT2D eigenvalue weighted by molar-refractivity contribution is 0.422. The molecule has 1 N–H and O–H groups in total. The molecule has 0 amide bonds. The number of rotatable bonds is 4. The van der Waals surface area contributed by atoms with Gasteiger partial charge in [-0.1, -0.05) is 0 Å². The van der Waals surface area contributed by atoms with Gasteiger partial charge in [0.15, 0.2) is 23.3 Å². The maximum Gasteiger partial charge on any atom is 0.185 e. The van der Waals surface area contributed by atoms with Gasteiger partial charge in [-0.15, -0.1) is 0 Å². The van der Waals surface area contributed by atoms with Gasteiger partial charge in [-0.2, -0.15) is 0 Å². The van der Waals surface area contributed by atoms with Gasteiger partial charge in [0.05, 0.1) is 0 Å². The zero-order valence-corrected chi connectivity index (χ0v) is 8.95. The number of halogens is 4. The molecular formula is C10H12F4N2. The summed E-state index contributed by atoms with van der Waals surface area (Å²) in [6, 6.07) is 0.182. The van der Waals surface area contributed by atoms with Crippen LogP contribution >= 0.6 is 0 Å². The fourth-order valence-corrected chi connectivity index (χ4v) is 1.13. The Morgan fingerprint density at radius 1 is 1.06 bits per heavy atom. The van der Waals surface area contributed by atoms with E-state index in [9.17, 15) is 17.6 Å². The number of hydrogen-bond donors (Lipinski definition) is 1. The summed E-state index contributed by atoms with van der Waals surface area (Å²) in [7, 11) is 3.53. The molecule has 1 aromatic rings. The second-order valence-electron chi connectivity index (χ2n) is 3.57. The van der Waals surface area contributed by atoms with Gasteiger partial charge in [0.2, 0.25) is 0 Å². The van der Waals surface area contributed by atoms with Gasteiger partial charge in [-0.25, -0.2) is 17.6 Å². The van der Waals surface area contributed by atoms with Crippen molar-refractivity contribution in [2.75, 3.05) is 32.5 Å². The van der Waals surface area contributed by atoms with Crippen molar-refractivity contribution in [1.29, 1.82) is 0 Å². The number of nitrogens with zero attached hydrogens (tertiary/aromatic N) is 1. The third kappa shape index (κ3) is 2.85. The molecule has 1 rings (SSSR count). The second-order valence-corrected chi connectivity index (χ2v) is 3.57. The summed E-state index contributed by atoms with van der Waals surface area (Å²) in [5, 5.41) is 2.32. The third-order valence-corrected chi connectivity index (χ3v) is 1.97. The van der Waals surface area contributed by atoms with Crippen LogP contribution in [0.4, 0.5) is 23.2 Å². The molecule has 0 radical (unpaired) electrons. The highest BCUT2D eigenvalue weighted by Crippen LogP contribution is 2.23. The predicted octanol–water partition coefficient (Wildman–Crippen LogP) is 2.22. The molecule has 0 saturated heterocycles. The Morgan fingerprint density at radius 3 is 2.00 bits per heavy atom. The molecule has 0 aromatic heterocycles. The van der Waals surface area contributed by atoms with Crippen molar-refractivity contribution in [2.45, 2.75) is 0 Å². The highest BCUT2D eigenvalue weighted by Gasteiger charge is 2.18. The number of nitrogens with one attached hydrogen (secondary N) is 1. The van der Waals surface area contributed by atoms with Gasteiger partial charge in [0, 0.05) is 19.2 Å². The SMILES string of the molecule is CN(C)CCNc1c(F)c(F)cc(F)c1F.